The molecule has 0 atom stereocenters. The summed E-state index contributed by atoms with van der Waals surface area (Å²) >= 11 is 11.6. The van der Waals surface area contributed by atoms with Gasteiger partial charge in [-0.15, -0.1) is 0 Å². The summed E-state index contributed by atoms with van der Waals surface area (Å²) in [7, 11) is 1.55. The van der Waals surface area contributed by atoms with Crippen molar-refractivity contribution < 1.29 is 14.6 Å². The fourth-order valence-electron chi connectivity index (χ4n) is 1.80. The molecule has 0 saturated heterocycles. The molecule has 4 nitrogen and oxygen atoms in total. The standard InChI is InChI=1S/C15H13Cl2NO3/c1-8-3-4-9(5-13(8)21-2)15(20)18-10-6-11(16)14(19)12(17)7-10/h3-7,19H,1-2H3,(H,18,20). The number of carbonyl (C=O) groups excluding carboxylic acids is 1. The first-order chi connectivity index (χ1) is 9.92. The van der Waals surface area contributed by atoms with Crippen molar-refractivity contribution in [1.29, 1.82) is 0 Å². The van der Waals surface area contributed by atoms with Gasteiger partial charge in [0, 0.05) is 11.3 Å². The van der Waals surface area contributed by atoms with Crippen LogP contribution < -0.4 is 10.1 Å². The van der Waals surface area contributed by atoms with Crippen LogP contribution in [0.25, 0.3) is 0 Å². The second-order valence-electron chi connectivity index (χ2n) is 4.43. The van der Waals surface area contributed by atoms with Gasteiger partial charge in [-0.1, -0.05) is 29.3 Å². The highest BCUT2D eigenvalue weighted by atomic mass is 35.5. The number of halogens is 2. The summed E-state index contributed by atoms with van der Waals surface area (Å²) in [5, 5.41) is 12.3. The number of aryl methyl sites for hydroxylation is 1. The van der Waals surface area contributed by atoms with Crippen molar-refractivity contribution in [3.05, 3.63) is 51.5 Å². The predicted octanol–water partition coefficient (Wildman–Crippen LogP) is 4.27. The van der Waals surface area contributed by atoms with E-state index in [9.17, 15) is 9.90 Å². The maximum atomic E-state index is 12.2. The van der Waals surface area contributed by atoms with Gasteiger partial charge in [-0.25, -0.2) is 0 Å². The van der Waals surface area contributed by atoms with E-state index in [4.69, 9.17) is 27.9 Å². The van der Waals surface area contributed by atoms with Crippen molar-refractivity contribution in [2.75, 3.05) is 12.4 Å². The summed E-state index contributed by atoms with van der Waals surface area (Å²) < 4.78 is 5.18. The smallest absolute Gasteiger partial charge is 0.255 e. The van der Waals surface area contributed by atoms with Gasteiger partial charge in [0.1, 0.15) is 5.75 Å². The molecule has 0 aliphatic heterocycles. The van der Waals surface area contributed by atoms with Crippen molar-refractivity contribution >= 4 is 34.8 Å². The summed E-state index contributed by atoms with van der Waals surface area (Å²) in [6.45, 7) is 1.89. The lowest BCUT2D eigenvalue weighted by molar-refractivity contribution is 0.102. The predicted molar refractivity (Wildman–Crippen MR) is 83.8 cm³/mol. The molecule has 0 aliphatic rings. The Morgan fingerprint density at radius 1 is 1.19 bits per heavy atom. The zero-order valence-corrected chi connectivity index (χ0v) is 12.9. The number of aromatic hydroxyl groups is 1. The van der Waals surface area contributed by atoms with Gasteiger partial charge < -0.3 is 15.2 Å². The monoisotopic (exact) mass is 325 g/mol. The van der Waals surface area contributed by atoms with Crippen LogP contribution in [0.5, 0.6) is 11.5 Å². The van der Waals surface area contributed by atoms with Crippen LogP contribution in [-0.2, 0) is 0 Å². The van der Waals surface area contributed by atoms with E-state index in [1.165, 1.54) is 12.1 Å². The number of ether oxygens (including phenoxy) is 1. The molecule has 0 aliphatic carbocycles. The Morgan fingerprint density at radius 2 is 1.81 bits per heavy atom. The number of methoxy groups -OCH3 is 1. The first-order valence-corrected chi connectivity index (χ1v) is 6.82. The summed E-state index contributed by atoms with van der Waals surface area (Å²) in [5.74, 6) is 0.0869. The van der Waals surface area contributed by atoms with E-state index in [1.807, 2.05) is 6.92 Å². The molecule has 0 aromatic heterocycles. The van der Waals surface area contributed by atoms with Crippen LogP contribution in [0.1, 0.15) is 15.9 Å². The van der Waals surface area contributed by atoms with Gasteiger partial charge in [-0.3, -0.25) is 4.79 Å². The lowest BCUT2D eigenvalue weighted by Gasteiger charge is -2.10. The van der Waals surface area contributed by atoms with Gasteiger partial charge in [-0.2, -0.15) is 0 Å². The van der Waals surface area contributed by atoms with Gasteiger partial charge >= 0.3 is 0 Å². The van der Waals surface area contributed by atoms with Crippen LogP contribution in [0.3, 0.4) is 0 Å². The molecule has 2 rings (SSSR count). The summed E-state index contributed by atoms with van der Waals surface area (Å²) in [4.78, 5) is 12.2. The summed E-state index contributed by atoms with van der Waals surface area (Å²) in [6.07, 6.45) is 0. The molecule has 2 N–H and O–H groups in total. The van der Waals surface area contributed by atoms with E-state index in [0.717, 1.165) is 5.56 Å². The van der Waals surface area contributed by atoms with Crippen molar-refractivity contribution in [2.24, 2.45) is 0 Å². The van der Waals surface area contributed by atoms with Crippen molar-refractivity contribution in [3.63, 3.8) is 0 Å². The van der Waals surface area contributed by atoms with Crippen LogP contribution in [0, 0.1) is 6.92 Å². The molecule has 0 saturated carbocycles. The number of phenols is 1. The maximum Gasteiger partial charge on any atom is 0.255 e. The molecular formula is C15H13Cl2NO3. The molecule has 0 spiro atoms. The van der Waals surface area contributed by atoms with Crippen LogP contribution in [0.2, 0.25) is 10.0 Å². The van der Waals surface area contributed by atoms with Gasteiger partial charge in [0.15, 0.2) is 5.75 Å². The zero-order valence-electron chi connectivity index (χ0n) is 11.4. The Labute approximate surface area is 132 Å². The highest BCUT2D eigenvalue weighted by Crippen LogP contribution is 2.34. The van der Waals surface area contributed by atoms with E-state index >= 15 is 0 Å². The Kier molecular flexibility index (Phi) is 4.60. The fourth-order valence-corrected chi connectivity index (χ4v) is 2.29. The normalized spacial score (nSPS) is 10.3. The average molecular weight is 326 g/mol. The summed E-state index contributed by atoms with van der Waals surface area (Å²) in [6, 6.07) is 7.98. The minimum atomic E-state index is -0.328. The molecule has 2 aromatic rings. The highest BCUT2D eigenvalue weighted by molar-refractivity contribution is 6.37. The molecule has 21 heavy (non-hydrogen) atoms. The lowest BCUT2D eigenvalue weighted by Crippen LogP contribution is -2.12. The third kappa shape index (κ3) is 3.40. The Bertz CT molecular complexity index is 678. The van der Waals surface area contributed by atoms with E-state index < -0.39 is 0 Å². The topological polar surface area (TPSA) is 58.6 Å². The number of hydrogen-bond acceptors (Lipinski definition) is 3. The molecule has 6 heteroatoms. The highest BCUT2D eigenvalue weighted by Gasteiger charge is 2.12. The van der Waals surface area contributed by atoms with Crippen molar-refractivity contribution in [2.45, 2.75) is 6.92 Å². The lowest BCUT2D eigenvalue weighted by atomic mass is 10.1. The quantitative estimate of drug-likeness (QED) is 0.828. The third-order valence-electron chi connectivity index (χ3n) is 2.95. The SMILES string of the molecule is COc1cc(C(=O)Nc2cc(Cl)c(O)c(Cl)c2)ccc1C. The molecule has 110 valence electrons. The second kappa shape index (κ2) is 6.24. The van der Waals surface area contributed by atoms with E-state index in [0.29, 0.717) is 17.0 Å². The van der Waals surface area contributed by atoms with Gasteiger partial charge in [0.2, 0.25) is 0 Å². The van der Waals surface area contributed by atoms with Gasteiger partial charge in [-0.05, 0) is 36.8 Å². The minimum Gasteiger partial charge on any atom is -0.505 e. The minimum absolute atomic E-state index is 0.0688. The van der Waals surface area contributed by atoms with Crippen LogP contribution in [-0.4, -0.2) is 18.1 Å². The number of benzene rings is 2. The summed E-state index contributed by atoms with van der Waals surface area (Å²) in [5.41, 5.74) is 1.77. The number of hydrogen-bond donors (Lipinski definition) is 2. The van der Waals surface area contributed by atoms with Gasteiger partial charge in [0.05, 0.1) is 17.2 Å². The number of rotatable bonds is 3. The number of carbonyl (C=O) groups is 1. The first kappa shape index (κ1) is 15.5. The van der Waals surface area contributed by atoms with E-state index in [-0.39, 0.29) is 21.7 Å². The number of amides is 1. The van der Waals surface area contributed by atoms with Crippen molar-refractivity contribution in [1.82, 2.24) is 0 Å². The molecular weight excluding hydrogens is 313 g/mol. The average Bonchev–Trinajstić information content (AvgIpc) is 2.45. The molecule has 0 heterocycles. The molecule has 0 fully saturated rings. The van der Waals surface area contributed by atoms with E-state index in [2.05, 4.69) is 5.32 Å². The molecule has 0 unspecified atom stereocenters. The molecule has 0 bridgehead atoms. The maximum absolute atomic E-state index is 12.2. The zero-order chi connectivity index (χ0) is 15.6. The van der Waals surface area contributed by atoms with Crippen LogP contribution in [0.4, 0.5) is 5.69 Å². The van der Waals surface area contributed by atoms with Crippen LogP contribution >= 0.6 is 23.2 Å². The number of anilines is 1. The molecule has 1 amide bonds. The number of nitrogens with one attached hydrogen (secondary N) is 1. The largest absolute Gasteiger partial charge is 0.505 e. The fraction of sp³-hybridized carbons (Fsp3) is 0.133. The third-order valence-corrected chi connectivity index (χ3v) is 3.52. The number of phenolic OH excluding ortho intramolecular Hbond substituents is 1. The van der Waals surface area contributed by atoms with E-state index in [1.54, 1.807) is 25.3 Å². The van der Waals surface area contributed by atoms with Gasteiger partial charge in [0.25, 0.3) is 5.91 Å². The Morgan fingerprint density at radius 3 is 2.38 bits per heavy atom. The molecule has 2 aromatic carbocycles. The Balaban J connectivity index is 2.26. The Hall–Kier alpha value is -1.91. The first-order valence-electron chi connectivity index (χ1n) is 6.06. The van der Waals surface area contributed by atoms with Crippen molar-refractivity contribution in [3.8, 4) is 11.5 Å². The molecule has 0 radical (unpaired) electrons. The van der Waals surface area contributed by atoms with Crippen LogP contribution in [0.15, 0.2) is 30.3 Å². The second-order valence-corrected chi connectivity index (χ2v) is 5.24.